The second-order valence-electron chi connectivity index (χ2n) is 7.16. The molecule has 2 aromatic rings. The number of imidazole rings is 2. The Morgan fingerprint density at radius 3 is 2.80 bits per heavy atom. The molecule has 7 heteroatoms. The average molecular weight is 336 g/mol. The fraction of sp³-hybridized carbons (Fsp3) is 0.500. The summed E-state index contributed by atoms with van der Waals surface area (Å²) in [5.74, 6) is 2.30. The topological polar surface area (TPSA) is 88.3 Å². The molecule has 0 spiro atoms. The summed E-state index contributed by atoms with van der Waals surface area (Å²) in [6.07, 6.45) is 13.2. The van der Waals surface area contributed by atoms with Crippen molar-refractivity contribution >= 4 is 17.3 Å². The average Bonchev–Trinajstić information content (AvgIpc) is 3.27. The Labute approximate surface area is 145 Å². The van der Waals surface area contributed by atoms with E-state index in [1.54, 1.807) is 23.2 Å². The molecule has 1 N–H and O–H groups in total. The smallest absolute Gasteiger partial charge is 0.232 e. The van der Waals surface area contributed by atoms with E-state index in [-0.39, 0.29) is 17.7 Å². The van der Waals surface area contributed by atoms with Crippen LogP contribution in [-0.2, 0) is 0 Å². The van der Waals surface area contributed by atoms with Crippen LogP contribution in [0.15, 0.2) is 35.0 Å². The number of hydrogen-bond acceptors (Lipinski definition) is 5. The summed E-state index contributed by atoms with van der Waals surface area (Å²) in [5.41, 5.74) is 1.81. The number of aromatic nitrogens is 4. The minimum atomic E-state index is 0.119. The fourth-order valence-corrected chi connectivity index (χ4v) is 4.67. The van der Waals surface area contributed by atoms with Crippen LogP contribution in [0, 0.1) is 17.8 Å². The van der Waals surface area contributed by atoms with Gasteiger partial charge in [0.2, 0.25) is 5.91 Å². The van der Waals surface area contributed by atoms with Gasteiger partial charge in [0.05, 0.1) is 0 Å². The lowest BCUT2D eigenvalue weighted by atomic mass is 9.69. The van der Waals surface area contributed by atoms with E-state index < -0.39 is 0 Å². The first-order valence-electron chi connectivity index (χ1n) is 9.05. The number of H-pyrrole nitrogens is 1. The van der Waals surface area contributed by atoms with Gasteiger partial charge in [-0.05, 0) is 18.8 Å². The summed E-state index contributed by atoms with van der Waals surface area (Å²) in [6, 6.07) is 0. The van der Waals surface area contributed by atoms with Crippen LogP contribution >= 0.6 is 0 Å². The molecule has 0 aromatic carbocycles. The van der Waals surface area contributed by atoms with Crippen molar-refractivity contribution in [2.45, 2.75) is 38.5 Å². The molecule has 0 saturated heterocycles. The first-order chi connectivity index (χ1) is 12.3. The van der Waals surface area contributed by atoms with Crippen LogP contribution in [0.3, 0.4) is 0 Å². The molecule has 1 fully saturated rings. The van der Waals surface area contributed by atoms with Crippen LogP contribution in [0.1, 0.15) is 55.0 Å². The van der Waals surface area contributed by atoms with Gasteiger partial charge in [0, 0.05) is 43.0 Å². The highest BCUT2D eigenvalue weighted by Gasteiger charge is 2.44. The van der Waals surface area contributed by atoms with Crippen molar-refractivity contribution in [2.24, 2.45) is 28.0 Å². The van der Waals surface area contributed by atoms with E-state index in [4.69, 9.17) is 0 Å². The standard InChI is InChI=1S/C18H20N6O/c25-13-10-11-4-2-1-3-5-12-14(11)16(18-21-8-9-24(13)18)23-22-15(12)17-19-6-7-20-17/h6-9,11-12,14H,1-5,10H2,(H,19,20). The van der Waals surface area contributed by atoms with Gasteiger partial charge in [-0.25, -0.2) is 9.97 Å². The summed E-state index contributed by atoms with van der Waals surface area (Å²) in [7, 11) is 0. The summed E-state index contributed by atoms with van der Waals surface area (Å²) < 4.78 is 1.66. The van der Waals surface area contributed by atoms with Gasteiger partial charge in [-0.15, -0.1) is 0 Å². The van der Waals surface area contributed by atoms with Crippen molar-refractivity contribution in [1.82, 2.24) is 19.5 Å². The molecule has 2 aromatic heterocycles. The van der Waals surface area contributed by atoms with E-state index >= 15 is 0 Å². The number of nitrogens with one attached hydrogen (secondary N) is 1. The normalized spacial score (nSPS) is 28.8. The number of carbonyl (C=O) groups is 1. The molecule has 3 unspecified atom stereocenters. The van der Waals surface area contributed by atoms with E-state index in [2.05, 4.69) is 25.2 Å². The van der Waals surface area contributed by atoms with Gasteiger partial charge in [0.25, 0.3) is 0 Å². The molecule has 0 radical (unpaired) electrons. The predicted octanol–water partition coefficient (Wildman–Crippen LogP) is 2.67. The van der Waals surface area contributed by atoms with E-state index in [1.165, 1.54) is 19.3 Å². The molecule has 3 atom stereocenters. The lowest BCUT2D eigenvalue weighted by Crippen LogP contribution is -2.39. The van der Waals surface area contributed by atoms with Crippen molar-refractivity contribution in [1.29, 1.82) is 0 Å². The Kier molecular flexibility index (Phi) is 3.39. The van der Waals surface area contributed by atoms with Crippen molar-refractivity contribution in [3.8, 4) is 0 Å². The van der Waals surface area contributed by atoms with Crippen LogP contribution in [0.25, 0.3) is 0 Å². The fourth-order valence-electron chi connectivity index (χ4n) is 4.67. The lowest BCUT2D eigenvalue weighted by molar-refractivity contribution is 0.0865. The van der Waals surface area contributed by atoms with Crippen molar-refractivity contribution < 1.29 is 4.79 Å². The third kappa shape index (κ3) is 2.29. The minimum absolute atomic E-state index is 0.119. The zero-order chi connectivity index (χ0) is 16.8. The van der Waals surface area contributed by atoms with E-state index in [0.29, 0.717) is 18.2 Å². The molecule has 128 valence electrons. The van der Waals surface area contributed by atoms with Crippen LogP contribution in [-0.4, -0.2) is 36.8 Å². The summed E-state index contributed by atoms with van der Waals surface area (Å²) in [4.78, 5) is 24.8. The van der Waals surface area contributed by atoms with Gasteiger partial charge in [0.1, 0.15) is 11.4 Å². The number of rotatable bonds is 1. The maximum absolute atomic E-state index is 12.7. The Hall–Kier alpha value is -2.57. The largest absolute Gasteiger partial charge is 0.344 e. The van der Waals surface area contributed by atoms with Gasteiger partial charge in [-0.1, -0.05) is 19.3 Å². The van der Waals surface area contributed by atoms with E-state index in [0.717, 1.165) is 30.1 Å². The molecule has 5 rings (SSSR count). The molecule has 4 heterocycles. The summed E-state index contributed by atoms with van der Waals surface area (Å²) in [6.45, 7) is 0. The van der Waals surface area contributed by atoms with Crippen LogP contribution in [0.2, 0.25) is 0 Å². The van der Waals surface area contributed by atoms with Crippen LogP contribution < -0.4 is 0 Å². The molecule has 2 aliphatic heterocycles. The highest BCUT2D eigenvalue weighted by atomic mass is 16.2. The third-order valence-corrected chi connectivity index (χ3v) is 5.78. The zero-order valence-electron chi connectivity index (χ0n) is 13.9. The number of aromatic amines is 1. The van der Waals surface area contributed by atoms with Gasteiger partial charge >= 0.3 is 0 Å². The molecule has 0 bridgehead atoms. The first kappa shape index (κ1) is 14.7. The predicted molar refractivity (Wildman–Crippen MR) is 92.7 cm³/mol. The Morgan fingerprint density at radius 1 is 1.04 bits per heavy atom. The van der Waals surface area contributed by atoms with Gasteiger partial charge in [-0.3, -0.25) is 9.36 Å². The van der Waals surface area contributed by atoms with E-state index in [1.807, 2.05) is 6.20 Å². The number of fused-ring (bicyclic) bond motifs is 2. The molecule has 0 amide bonds. The van der Waals surface area contributed by atoms with Crippen molar-refractivity contribution in [3.05, 3.63) is 36.4 Å². The van der Waals surface area contributed by atoms with Crippen LogP contribution in [0.5, 0.6) is 0 Å². The van der Waals surface area contributed by atoms with Gasteiger partial charge < -0.3 is 4.98 Å². The maximum atomic E-state index is 12.7. The lowest BCUT2D eigenvalue weighted by Gasteiger charge is -2.36. The zero-order valence-corrected chi connectivity index (χ0v) is 13.9. The second kappa shape index (κ2) is 5.75. The quantitative estimate of drug-likeness (QED) is 0.868. The highest BCUT2D eigenvalue weighted by Crippen LogP contribution is 2.41. The molecule has 3 aliphatic rings. The first-order valence-corrected chi connectivity index (χ1v) is 9.05. The Bertz CT molecular complexity index is 862. The van der Waals surface area contributed by atoms with Crippen LogP contribution in [0.4, 0.5) is 0 Å². The Morgan fingerprint density at radius 2 is 1.92 bits per heavy atom. The van der Waals surface area contributed by atoms with Crippen molar-refractivity contribution in [3.63, 3.8) is 0 Å². The molecule has 7 nitrogen and oxygen atoms in total. The Balaban J connectivity index is 1.69. The van der Waals surface area contributed by atoms with Crippen molar-refractivity contribution in [2.75, 3.05) is 0 Å². The molecular formula is C18H20N6O. The minimum Gasteiger partial charge on any atom is -0.344 e. The summed E-state index contributed by atoms with van der Waals surface area (Å²) in [5, 5.41) is 9.10. The number of nitrogens with zero attached hydrogens (tertiary/aromatic N) is 5. The number of hydrogen-bond donors (Lipinski definition) is 1. The molecular weight excluding hydrogens is 316 g/mol. The second-order valence-corrected chi connectivity index (χ2v) is 7.16. The molecule has 1 saturated carbocycles. The molecule has 25 heavy (non-hydrogen) atoms. The molecule has 1 aliphatic carbocycles. The maximum Gasteiger partial charge on any atom is 0.232 e. The van der Waals surface area contributed by atoms with Gasteiger partial charge in [0.15, 0.2) is 11.6 Å². The summed E-state index contributed by atoms with van der Waals surface area (Å²) >= 11 is 0. The monoisotopic (exact) mass is 336 g/mol. The van der Waals surface area contributed by atoms with Gasteiger partial charge in [-0.2, -0.15) is 10.2 Å². The SMILES string of the molecule is O=C1CC2CCCCCC3C(c4ncc[nH]4)=NN=C(c4nccn41)C23. The third-order valence-electron chi connectivity index (χ3n) is 5.78. The highest BCUT2D eigenvalue weighted by molar-refractivity contribution is 6.11. The number of carbonyl (C=O) groups excluding carboxylic acids is 1. The van der Waals surface area contributed by atoms with E-state index in [9.17, 15) is 4.79 Å².